The van der Waals surface area contributed by atoms with Crippen LogP contribution in [0.1, 0.15) is 125 Å². The van der Waals surface area contributed by atoms with Gasteiger partial charge in [0, 0.05) is 18.0 Å². The molecule has 0 N–H and O–H groups in total. The minimum absolute atomic E-state index is 0.304. The number of nitriles is 1. The van der Waals surface area contributed by atoms with Crippen LogP contribution in [0.5, 0.6) is 11.5 Å². The first-order chi connectivity index (χ1) is 20.6. The largest absolute Gasteiger partial charge is 0.492 e. The fraction of sp³-hybridized carbons (Fsp3) is 0.500. The summed E-state index contributed by atoms with van der Waals surface area (Å²) in [5.41, 5.74) is 2.64. The predicted octanol–water partition coefficient (Wildman–Crippen LogP) is 9.66. The van der Waals surface area contributed by atoms with Crippen LogP contribution >= 0.6 is 0 Å². The number of aromatic nitrogens is 2. The van der Waals surface area contributed by atoms with E-state index < -0.39 is 5.97 Å². The lowest BCUT2D eigenvalue weighted by atomic mass is 10.1. The third-order valence-corrected chi connectivity index (χ3v) is 7.44. The first kappa shape index (κ1) is 32.8. The van der Waals surface area contributed by atoms with E-state index >= 15 is 0 Å². The highest BCUT2D eigenvalue weighted by Gasteiger charge is 2.13. The lowest BCUT2D eigenvalue weighted by Gasteiger charge is -2.10. The average molecular weight is 570 g/mol. The van der Waals surface area contributed by atoms with Gasteiger partial charge in [-0.3, -0.25) is 0 Å². The number of ether oxygens (including phenoxy) is 2. The van der Waals surface area contributed by atoms with Crippen molar-refractivity contribution < 1.29 is 14.3 Å². The summed E-state index contributed by atoms with van der Waals surface area (Å²) in [6, 6.07) is 14.1. The minimum atomic E-state index is -0.524. The van der Waals surface area contributed by atoms with Crippen LogP contribution in [0.25, 0.3) is 11.4 Å². The number of aryl methyl sites for hydroxylation is 1. The fourth-order valence-electron chi connectivity index (χ4n) is 4.87. The van der Waals surface area contributed by atoms with Gasteiger partial charge in [0.2, 0.25) is 0 Å². The predicted molar refractivity (Wildman–Crippen MR) is 169 cm³/mol. The van der Waals surface area contributed by atoms with Gasteiger partial charge >= 0.3 is 5.97 Å². The molecular formula is C36H47N3O3. The molecule has 0 aliphatic rings. The Morgan fingerprint density at radius 3 is 1.98 bits per heavy atom. The summed E-state index contributed by atoms with van der Waals surface area (Å²) in [5, 5.41) is 9.59. The fourth-order valence-corrected chi connectivity index (χ4v) is 4.87. The quantitative estimate of drug-likeness (QED) is 0.0765. The summed E-state index contributed by atoms with van der Waals surface area (Å²) < 4.78 is 11.4. The number of hydrogen-bond donors (Lipinski definition) is 0. The average Bonchev–Trinajstić information content (AvgIpc) is 3.02. The number of esters is 1. The molecule has 42 heavy (non-hydrogen) atoms. The summed E-state index contributed by atoms with van der Waals surface area (Å²) in [4.78, 5) is 21.8. The number of benzene rings is 2. The SMILES string of the molecule is CCCCCCCCCOc1ccc(C(=O)Oc2ccc(-c3ncc(CCCCCCCCC)cn3)cc2)cc1C#N. The maximum atomic E-state index is 12.8. The molecule has 0 radical (unpaired) electrons. The number of unbranched alkanes of at least 4 members (excludes halogenated alkanes) is 12. The maximum absolute atomic E-state index is 12.8. The molecule has 6 nitrogen and oxygen atoms in total. The lowest BCUT2D eigenvalue weighted by molar-refractivity contribution is 0.0734. The Bertz CT molecular complexity index is 1230. The van der Waals surface area contributed by atoms with E-state index in [4.69, 9.17) is 9.47 Å². The van der Waals surface area contributed by atoms with Gasteiger partial charge in [0.25, 0.3) is 0 Å². The van der Waals surface area contributed by atoms with E-state index in [0.29, 0.717) is 35.1 Å². The zero-order valence-corrected chi connectivity index (χ0v) is 25.6. The van der Waals surface area contributed by atoms with E-state index in [1.165, 1.54) is 83.1 Å². The molecule has 0 aliphatic heterocycles. The molecule has 0 amide bonds. The molecule has 0 bridgehead atoms. The van der Waals surface area contributed by atoms with E-state index in [9.17, 15) is 10.1 Å². The molecule has 0 aliphatic carbocycles. The van der Waals surface area contributed by atoms with Crippen molar-refractivity contribution in [3.63, 3.8) is 0 Å². The number of rotatable bonds is 20. The van der Waals surface area contributed by atoms with Gasteiger partial charge in [0.15, 0.2) is 5.82 Å². The number of nitrogens with zero attached hydrogens (tertiary/aromatic N) is 3. The van der Waals surface area contributed by atoms with Crippen molar-refractivity contribution in [2.75, 3.05) is 6.61 Å². The highest BCUT2D eigenvalue weighted by molar-refractivity contribution is 5.91. The molecule has 0 unspecified atom stereocenters. The summed E-state index contributed by atoms with van der Waals surface area (Å²) in [6.45, 7) is 5.02. The highest BCUT2D eigenvalue weighted by atomic mass is 16.5. The van der Waals surface area contributed by atoms with Crippen molar-refractivity contribution in [1.29, 1.82) is 5.26 Å². The van der Waals surface area contributed by atoms with Gasteiger partial charge in [0.05, 0.1) is 17.7 Å². The molecule has 1 heterocycles. The van der Waals surface area contributed by atoms with Crippen molar-refractivity contribution in [3.8, 4) is 29.0 Å². The minimum Gasteiger partial charge on any atom is -0.492 e. The molecule has 0 saturated heterocycles. The lowest BCUT2D eigenvalue weighted by Crippen LogP contribution is -2.09. The highest BCUT2D eigenvalue weighted by Crippen LogP contribution is 2.23. The molecule has 3 aromatic rings. The second-order valence-electron chi connectivity index (χ2n) is 11.0. The van der Waals surface area contributed by atoms with E-state index in [1.54, 1.807) is 24.3 Å². The van der Waals surface area contributed by atoms with Crippen LogP contribution < -0.4 is 9.47 Å². The summed E-state index contributed by atoms with van der Waals surface area (Å²) >= 11 is 0. The molecule has 224 valence electrons. The molecule has 2 aromatic carbocycles. The van der Waals surface area contributed by atoms with Crippen LogP contribution in [0.3, 0.4) is 0 Å². The number of hydrogen-bond acceptors (Lipinski definition) is 6. The Balaban J connectivity index is 1.44. The normalized spacial score (nSPS) is 10.8. The van der Waals surface area contributed by atoms with Gasteiger partial charge in [-0.25, -0.2) is 14.8 Å². The molecule has 0 saturated carbocycles. The van der Waals surface area contributed by atoms with Crippen molar-refractivity contribution in [2.45, 2.75) is 110 Å². The summed E-state index contributed by atoms with van der Waals surface area (Å²) in [7, 11) is 0. The van der Waals surface area contributed by atoms with Crippen molar-refractivity contribution in [2.24, 2.45) is 0 Å². The molecular weight excluding hydrogens is 522 g/mol. The van der Waals surface area contributed by atoms with E-state index in [-0.39, 0.29) is 0 Å². The topological polar surface area (TPSA) is 85.1 Å². The first-order valence-corrected chi connectivity index (χ1v) is 15.9. The summed E-state index contributed by atoms with van der Waals surface area (Å²) in [6.07, 6.45) is 22.2. The standard InChI is InChI=1S/C36H47N3O3/c1-3-5-7-9-11-13-15-17-29-27-38-35(39-28-29)30-18-21-33(22-19-30)42-36(40)31-20-23-34(32(25-31)26-37)41-24-16-14-12-10-8-6-4-2/h18-23,25,27-28H,3-17,24H2,1-2H3. The van der Waals surface area contributed by atoms with Crippen molar-refractivity contribution in [3.05, 3.63) is 71.5 Å². The molecule has 1 aromatic heterocycles. The number of carbonyl (C=O) groups is 1. The smallest absolute Gasteiger partial charge is 0.343 e. The van der Waals surface area contributed by atoms with Gasteiger partial charge < -0.3 is 9.47 Å². The third-order valence-electron chi connectivity index (χ3n) is 7.44. The van der Waals surface area contributed by atoms with Crippen LogP contribution in [0.15, 0.2) is 54.9 Å². The van der Waals surface area contributed by atoms with Gasteiger partial charge in [-0.05, 0) is 67.3 Å². The molecule has 0 fully saturated rings. The Hall–Kier alpha value is -3.72. The molecule has 0 atom stereocenters. The number of carbonyl (C=O) groups excluding carboxylic acids is 1. The maximum Gasteiger partial charge on any atom is 0.343 e. The Morgan fingerprint density at radius 1 is 0.762 bits per heavy atom. The Morgan fingerprint density at radius 2 is 1.36 bits per heavy atom. The second kappa shape index (κ2) is 19.4. The second-order valence-corrected chi connectivity index (χ2v) is 11.0. The van der Waals surface area contributed by atoms with Crippen LogP contribution in [0.2, 0.25) is 0 Å². The van der Waals surface area contributed by atoms with Crippen LogP contribution in [-0.2, 0) is 6.42 Å². The van der Waals surface area contributed by atoms with Crippen LogP contribution in [0, 0.1) is 11.3 Å². The molecule has 6 heteroatoms. The van der Waals surface area contributed by atoms with Gasteiger partial charge in [-0.15, -0.1) is 0 Å². The zero-order chi connectivity index (χ0) is 29.8. The molecule has 3 rings (SSSR count). The van der Waals surface area contributed by atoms with E-state index in [1.807, 2.05) is 24.5 Å². The first-order valence-electron chi connectivity index (χ1n) is 15.9. The monoisotopic (exact) mass is 569 g/mol. The van der Waals surface area contributed by atoms with Gasteiger partial charge in [-0.1, -0.05) is 90.9 Å². The third kappa shape index (κ3) is 11.6. The van der Waals surface area contributed by atoms with Gasteiger partial charge in [0.1, 0.15) is 17.6 Å². The van der Waals surface area contributed by atoms with Crippen LogP contribution in [0.4, 0.5) is 0 Å². The Labute approximate surface area is 252 Å². The van der Waals surface area contributed by atoms with E-state index in [0.717, 1.165) is 30.4 Å². The van der Waals surface area contributed by atoms with Gasteiger partial charge in [-0.2, -0.15) is 5.26 Å². The van der Waals surface area contributed by atoms with E-state index in [2.05, 4.69) is 29.9 Å². The zero-order valence-electron chi connectivity index (χ0n) is 25.6. The van der Waals surface area contributed by atoms with Crippen molar-refractivity contribution >= 4 is 5.97 Å². The molecule has 0 spiro atoms. The summed E-state index contributed by atoms with van der Waals surface area (Å²) in [5.74, 6) is 1.03. The van der Waals surface area contributed by atoms with Crippen LogP contribution in [-0.4, -0.2) is 22.5 Å². The van der Waals surface area contributed by atoms with Crippen molar-refractivity contribution in [1.82, 2.24) is 9.97 Å². The Kier molecular flexibility index (Phi) is 15.2.